The van der Waals surface area contributed by atoms with Crippen molar-refractivity contribution in [2.75, 3.05) is 0 Å². The van der Waals surface area contributed by atoms with Crippen LogP contribution in [0.25, 0.3) is 0 Å². The number of hydrogen-bond acceptors (Lipinski definition) is 0. The van der Waals surface area contributed by atoms with Gasteiger partial charge < -0.3 is 0 Å². The first-order chi connectivity index (χ1) is 3.50. The summed E-state index contributed by atoms with van der Waals surface area (Å²) in [5.41, 5.74) is 0. The normalized spacial score (nSPS) is 21.7. The van der Waals surface area contributed by atoms with E-state index in [9.17, 15) is 0 Å². The second-order valence-corrected chi connectivity index (χ2v) is 1.80. The van der Waals surface area contributed by atoms with Crippen molar-refractivity contribution in [3.8, 4) is 0 Å². The molecular weight excluding hydrogens is 84.1 g/mol. The molecule has 0 aromatic carbocycles. The van der Waals surface area contributed by atoms with Crippen molar-refractivity contribution >= 4 is 0 Å². The maximum Gasteiger partial charge on any atom is -0.0167 e. The zero-order valence-corrected chi connectivity index (χ0v) is 4.48. The molecule has 0 aromatic rings. The van der Waals surface area contributed by atoms with Gasteiger partial charge in [0.2, 0.25) is 0 Å². The van der Waals surface area contributed by atoms with Crippen LogP contribution in [0.1, 0.15) is 25.7 Å². The van der Waals surface area contributed by atoms with Crippen LogP contribution in [0.2, 0.25) is 0 Å². The average Bonchev–Trinajstić information content (AvgIpc) is 1.90. The quantitative estimate of drug-likeness (QED) is 0.404. The Balaban J connectivity index is 2.20. The van der Waals surface area contributed by atoms with Gasteiger partial charge in [-0.05, 0) is 32.1 Å². The van der Waals surface area contributed by atoms with Crippen LogP contribution in [-0.4, -0.2) is 0 Å². The molecule has 0 fully saturated rings. The molecule has 7 heavy (non-hydrogen) atoms. The van der Waals surface area contributed by atoms with Gasteiger partial charge in [0.1, 0.15) is 0 Å². The smallest absolute Gasteiger partial charge is 0.0167 e. The van der Waals surface area contributed by atoms with Crippen LogP contribution in [-0.2, 0) is 0 Å². The van der Waals surface area contributed by atoms with Gasteiger partial charge in [-0.3, -0.25) is 0 Å². The summed E-state index contributed by atoms with van der Waals surface area (Å²) in [5, 5.41) is 0. The minimum absolute atomic E-state index is 1.16. The third-order valence-corrected chi connectivity index (χ3v) is 1.14. The summed E-state index contributed by atoms with van der Waals surface area (Å²) in [6.07, 6.45) is 12.5. The Morgan fingerprint density at radius 3 is 2.14 bits per heavy atom. The molecular formula is C7H10. The zero-order chi connectivity index (χ0) is 4.95. The van der Waals surface area contributed by atoms with E-state index in [4.69, 9.17) is 0 Å². The lowest BCUT2D eigenvalue weighted by Crippen LogP contribution is -1.68. The number of allylic oxidation sites excluding steroid dienone is 2. The van der Waals surface area contributed by atoms with E-state index in [1.54, 1.807) is 0 Å². The van der Waals surface area contributed by atoms with Gasteiger partial charge in [-0.25, -0.2) is 0 Å². The van der Waals surface area contributed by atoms with Gasteiger partial charge in [0, 0.05) is 0 Å². The van der Waals surface area contributed by atoms with Gasteiger partial charge in [-0.1, -0.05) is 12.2 Å². The van der Waals surface area contributed by atoms with Crippen LogP contribution in [0.3, 0.4) is 0 Å². The fourth-order valence-corrected chi connectivity index (χ4v) is 0.731. The van der Waals surface area contributed by atoms with Crippen molar-refractivity contribution < 1.29 is 0 Å². The van der Waals surface area contributed by atoms with E-state index in [0.29, 0.717) is 0 Å². The van der Waals surface area contributed by atoms with Crippen LogP contribution in [0.15, 0.2) is 12.2 Å². The van der Waals surface area contributed by atoms with E-state index in [2.05, 4.69) is 18.6 Å². The predicted molar refractivity (Wildman–Crippen MR) is 30.9 cm³/mol. The van der Waals surface area contributed by atoms with Crippen LogP contribution in [0.4, 0.5) is 0 Å². The summed E-state index contributed by atoms with van der Waals surface area (Å²) in [4.78, 5) is 0. The molecule has 0 nitrogen and oxygen atoms in total. The molecule has 0 aromatic heterocycles. The minimum Gasteiger partial charge on any atom is -0.0885 e. The van der Waals surface area contributed by atoms with Gasteiger partial charge in [-0.2, -0.15) is 0 Å². The monoisotopic (exact) mass is 94.1 g/mol. The van der Waals surface area contributed by atoms with Gasteiger partial charge in [0.25, 0.3) is 0 Å². The molecule has 2 radical (unpaired) electrons. The average molecular weight is 94.2 g/mol. The van der Waals surface area contributed by atoms with Crippen LogP contribution >= 0.6 is 0 Å². The lowest BCUT2D eigenvalue weighted by molar-refractivity contribution is 0.891. The van der Waals surface area contributed by atoms with E-state index in [0.717, 1.165) is 12.8 Å². The highest BCUT2D eigenvalue weighted by molar-refractivity contribution is 4.88. The molecule has 0 unspecified atom stereocenters. The van der Waals surface area contributed by atoms with E-state index >= 15 is 0 Å². The summed E-state index contributed by atoms with van der Waals surface area (Å²) < 4.78 is 0. The Morgan fingerprint density at radius 1 is 1.00 bits per heavy atom. The molecule has 0 bridgehead atoms. The number of rotatable bonds is 0. The lowest BCUT2D eigenvalue weighted by Gasteiger charge is -1.85. The molecule has 0 amide bonds. The Labute approximate surface area is 45.2 Å². The molecule has 1 aliphatic carbocycles. The first-order valence-electron chi connectivity index (χ1n) is 2.86. The Kier molecular flexibility index (Phi) is 1.98. The van der Waals surface area contributed by atoms with Crippen molar-refractivity contribution in [3.63, 3.8) is 0 Å². The number of hydrogen-bond donors (Lipinski definition) is 0. The second-order valence-electron chi connectivity index (χ2n) is 1.80. The van der Waals surface area contributed by atoms with E-state index in [-0.39, 0.29) is 0 Å². The van der Waals surface area contributed by atoms with Gasteiger partial charge >= 0.3 is 0 Å². The third-order valence-electron chi connectivity index (χ3n) is 1.14. The Bertz CT molecular complexity index is 54.4. The van der Waals surface area contributed by atoms with E-state index < -0.39 is 0 Å². The molecule has 1 rings (SSSR count). The van der Waals surface area contributed by atoms with Crippen molar-refractivity contribution in [2.24, 2.45) is 0 Å². The first kappa shape index (κ1) is 4.89. The van der Waals surface area contributed by atoms with Crippen molar-refractivity contribution in [3.05, 3.63) is 18.6 Å². The zero-order valence-electron chi connectivity index (χ0n) is 4.48. The SMILES string of the molecule is [C]1CCC=CCC1. The Morgan fingerprint density at radius 2 is 1.57 bits per heavy atom. The molecule has 0 saturated carbocycles. The van der Waals surface area contributed by atoms with Crippen LogP contribution in [0, 0.1) is 6.42 Å². The lowest BCUT2D eigenvalue weighted by atomic mass is 10.2. The van der Waals surface area contributed by atoms with Crippen LogP contribution < -0.4 is 0 Å². The van der Waals surface area contributed by atoms with Crippen molar-refractivity contribution in [2.45, 2.75) is 25.7 Å². The summed E-state index contributed by atoms with van der Waals surface area (Å²) in [6.45, 7) is 0. The highest BCUT2D eigenvalue weighted by atomic mass is 13.9. The highest BCUT2D eigenvalue weighted by Gasteiger charge is 1.89. The highest BCUT2D eigenvalue weighted by Crippen LogP contribution is 2.07. The summed E-state index contributed by atoms with van der Waals surface area (Å²) >= 11 is 0. The summed E-state index contributed by atoms with van der Waals surface area (Å²) in [7, 11) is 0. The maximum absolute atomic E-state index is 3.28. The largest absolute Gasteiger partial charge is 0.0885 e. The minimum atomic E-state index is 1.16. The molecule has 0 spiro atoms. The topological polar surface area (TPSA) is 0 Å². The second kappa shape index (κ2) is 2.84. The first-order valence-corrected chi connectivity index (χ1v) is 2.86. The molecule has 0 saturated heterocycles. The summed E-state index contributed by atoms with van der Waals surface area (Å²) in [6, 6.07) is 0. The fraction of sp³-hybridized carbons (Fsp3) is 0.571. The standard InChI is InChI=1S/C7H10/c1-2-4-6-7-5-3-1/h1-2H,3-6H2. The van der Waals surface area contributed by atoms with Gasteiger partial charge in [0.15, 0.2) is 0 Å². The predicted octanol–water partition coefficient (Wildman–Crippen LogP) is 2.20. The van der Waals surface area contributed by atoms with Gasteiger partial charge in [0.05, 0.1) is 0 Å². The van der Waals surface area contributed by atoms with Crippen molar-refractivity contribution in [1.29, 1.82) is 0 Å². The van der Waals surface area contributed by atoms with Crippen molar-refractivity contribution in [1.82, 2.24) is 0 Å². The molecule has 0 aliphatic heterocycles. The fourth-order valence-electron chi connectivity index (χ4n) is 0.731. The molecule has 0 heterocycles. The molecule has 0 heteroatoms. The molecule has 38 valence electrons. The third kappa shape index (κ3) is 1.77. The van der Waals surface area contributed by atoms with Crippen LogP contribution in [0.5, 0.6) is 0 Å². The van der Waals surface area contributed by atoms with E-state index in [1.807, 2.05) is 0 Å². The van der Waals surface area contributed by atoms with Gasteiger partial charge in [-0.15, -0.1) is 0 Å². The molecule has 1 aliphatic rings. The molecule has 0 N–H and O–H groups in total. The Hall–Kier alpha value is -0.260. The van der Waals surface area contributed by atoms with E-state index in [1.165, 1.54) is 12.8 Å². The summed E-state index contributed by atoms with van der Waals surface area (Å²) in [5.74, 6) is 0. The maximum atomic E-state index is 3.28. The molecule has 0 atom stereocenters.